The molecule has 0 N–H and O–H groups in total. The summed E-state index contributed by atoms with van der Waals surface area (Å²) in [4.78, 5) is 0. The molecule has 0 bridgehead atoms. The second-order valence-electron chi connectivity index (χ2n) is 2.90. The monoisotopic (exact) mass is 124 g/mol. The van der Waals surface area contributed by atoms with Crippen molar-refractivity contribution >= 4 is 0 Å². The molecule has 2 fully saturated rings. The van der Waals surface area contributed by atoms with Crippen LogP contribution in [0.1, 0.15) is 26.2 Å². The molecule has 2 atom stereocenters. The maximum atomic E-state index is 5.37. The predicted octanol–water partition coefficient (Wildman–Crippen LogP) is 1.88. The van der Waals surface area contributed by atoms with Gasteiger partial charge in [0.2, 0.25) is 0 Å². The highest BCUT2D eigenvalue weighted by Gasteiger charge is 2.41. The molecule has 0 aromatic heterocycles. The Hall–Kier alpha value is -0.300. The van der Waals surface area contributed by atoms with Gasteiger partial charge in [0, 0.05) is 0 Å². The van der Waals surface area contributed by atoms with Gasteiger partial charge in [0.05, 0.1) is 12.2 Å². The van der Waals surface area contributed by atoms with E-state index in [2.05, 4.69) is 13.0 Å². The molecule has 0 amide bonds. The van der Waals surface area contributed by atoms with Crippen molar-refractivity contribution in [2.75, 3.05) is 0 Å². The van der Waals surface area contributed by atoms with E-state index in [0.29, 0.717) is 12.2 Å². The van der Waals surface area contributed by atoms with Gasteiger partial charge in [-0.15, -0.1) is 0 Å². The average molecular weight is 124 g/mol. The lowest BCUT2D eigenvalue weighted by atomic mass is 9.95. The van der Waals surface area contributed by atoms with Crippen molar-refractivity contribution in [1.29, 1.82) is 0 Å². The zero-order valence-corrected chi connectivity index (χ0v) is 5.76. The van der Waals surface area contributed by atoms with Crippen molar-refractivity contribution < 1.29 is 4.74 Å². The molecule has 2 aliphatic rings. The minimum atomic E-state index is 0.616. The Morgan fingerprint density at radius 2 is 2.44 bits per heavy atom. The second-order valence-corrected chi connectivity index (χ2v) is 2.90. The van der Waals surface area contributed by atoms with Gasteiger partial charge >= 0.3 is 0 Å². The Morgan fingerprint density at radius 1 is 1.56 bits per heavy atom. The molecule has 1 nitrogen and oxygen atoms in total. The summed E-state index contributed by atoms with van der Waals surface area (Å²) in [6.07, 6.45) is 7.25. The quantitative estimate of drug-likeness (QED) is 0.355. The molecule has 50 valence electrons. The Morgan fingerprint density at radius 3 is 3.11 bits per heavy atom. The number of rotatable bonds is 0. The van der Waals surface area contributed by atoms with Gasteiger partial charge in [0.1, 0.15) is 0 Å². The van der Waals surface area contributed by atoms with E-state index >= 15 is 0 Å². The molecule has 2 rings (SSSR count). The van der Waals surface area contributed by atoms with Crippen LogP contribution in [-0.2, 0) is 4.74 Å². The van der Waals surface area contributed by atoms with Crippen molar-refractivity contribution in [2.45, 2.75) is 38.4 Å². The van der Waals surface area contributed by atoms with Gasteiger partial charge in [-0.1, -0.05) is 11.6 Å². The van der Waals surface area contributed by atoms with Crippen molar-refractivity contribution in [1.82, 2.24) is 0 Å². The normalized spacial score (nSPS) is 44.8. The van der Waals surface area contributed by atoms with Crippen molar-refractivity contribution in [3.63, 3.8) is 0 Å². The summed E-state index contributed by atoms with van der Waals surface area (Å²) in [6.45, 7) is 2.12. The molecule has 9 heavy (non-hydrogen) atoms. The topological polar surface area (TPSA) is 12.5 Å². The third-order valence-electron chi connectivity index (χ3n) is 2.31. The standard InChI is InChI=1S/C8H12O/c1-2-6-3-4-7-8(5-6)9-7/h2,7-8H,3-5H2,1H3/b6-2+. The summed E-state index contributed by atoms with van der Waals surface area (Å²) in [5.74, 6) is 0. The molecule has 1 aliphatic carbocycles. The van der Waals surface area contributed by atoms with E-state index in [9.17, 15) is 0 Å². The molecule has 2 unspecified atom stereocenters. The summed E-state index contributed by atoms with van der Waals surface area (Å²) < 4.78 is 5.37. The van der Waals surface area contributed by atoms with Crippen LogP contribution in [0.4, 0.5) is 0 Å². The van der Waals surface area contributed by atoms with E-state index in [1.165, 1.54) is 19.3 Å². The first-order chi connectivity index (χ1) is 4.40. The molecular weight excluding hydrogens is 112 g/mol. The van der Waals surface area contributed by atoms with Gasteiger partial charge in [0.15, 0.2) is 0 Å². The van der Waals surface area contributed by atoms with Gasteiger partial charge in [0.25, 0.3) is 0 Å². The van der Waals surface area contributed by atoms with E-state index < -0.39 is 0 Å². The number of ether oxygens (including phenoxy) is 1. The number of allylic oxidation sites excluding steroid dienone is 1. The van der Waals surface area contributed by atoms with Crippen molar-refractivity contribution in [3.05, 3.63) is 11.6 Å². The third-order valence-corrected chi connectivity index (χ3v) is 2.31. The molecule has 0 aromatic carbocycles. The molecule has 0 aromatic rings. The average Bonchev–Trinajstić information content (AvgIpc) is 2.64. The first kappa shape index (κ1) is 5.48. The second kappa shape index (κ2) is 1.84. The maximum absolute atomic E-state index is 5.37. The maximum Gasteiger partial charge on any atom is 0.0879 e. The van der Waals surface area contributed by atoms with Crippen LogP contribution in [0, 0.1) is 0 Å². The largest absolute Gasteiger partial charge is 0.369 e. The molecule has 1 heteroatoms. The molecular formula is C8H12O. The van der Waals surface area contributed by atoms with Crippen LogP contribution in [-0.4, -0.2) is 12.2 Å². The minimum Gasteiger partial charge on any atom is -0.369 e. The summed E-state index contributed by atoms with van der Waals surface area (Å²) in [5.41, 5.74) is 1.59. The third kappa shape index (κ3) is 0.897. The van der Waals surface area contributed by atoms with Crippen LogP contribution in [0.3, 0.4) is 0 Å². The zero-order valence-electron chi connectivity index (χ0n) is 5.76. The molecule has 1 aliphatic heterocycles. The van der Waals surface area contributed by atoms with Crippen LogP contribution in [0.15, 0.2) is 11.6 Å². The summed E-state index contributed by atoms with van der Waals surface area (Å²) in [7, 11) is 0. The number of epoxide rings is 1. The smallest absolute Gasteiger partial charge is 0.0879 e. The molecule has 1 heterocycles. The number of hydrogen-bond donors (Lipinski definition) is 0. The van der Waals surface area contributed by atoms with E-state index in [4.69, 9.17) is 4.74 Å². The SMILES string of the molecule is C/C=C1\CCC2OC2C1. The highest BCUT2D eigenvalue weighted by Crippen LogP contribution is 2.38. The number of hydrogen-bond acceptors (Lipinski definition) is 1. The molecule has 0 radical (unpaired) electrons. The highest BCUT2D eigenvalue weighted by atomic mass is 16.6. The summed E-state index contributed by atoms with van der Waals surface area (Å²) in [6, 6.07) is 0. The van der Waals surface area contributed by atoms with Gasteiger partial charge in [-0.2, -0.15) is 0 Å². The fraction of sp³-hybridized carbons (Fsp3) is 0.750. The van der Waals surface area contributed by atoms with E-state index in [1.54, 1.807) is 5.57 Å². The lowest BCUT2D eigenvalue weighted by molar-refractivity contribution is 0.374. The van der Waals surface area contributed by atoms with Crippen LogP contribution in [0.25, 0.3) is 0 Å². The molecule has 1 saturated heterocycles. The van der Waals surface area contributed by atoms with Gasteiger partial charge in [-0.3, -0.25) is 0 Å². The van der Waals surface area contributed by atoms with Gasteiger partial charge < -0.3 is 4.74 Å². The van der Waals surface area contributed by atoms with Crippen molar-refractivity contribution in [2.24, 2.45) is 0 Å². The van der Waals surface area contributed by atoms with Gasteiger partial charge in [-0.05, 0) is 26.2 Å². The van der Waals surface area contributed by atoms with E-state index in [1.807, 2.05) is 0 Å². The van der Waals surface area contributed by atoms with Crippen LogP contribution < -0.4 is 0 Å². The predicted molar refractivity (Wildman–Crippen MR) is 36.3 cm³/mol. The van der Waals surface area contributed by atoms with Crippen molar-refractivity contribution in [3.8, 4) is 0 Å². The summed E-state index contributed by atoms with van der Waals surface area (Å²) in [5, 5.41) is 0. The highest BCUT2D eigenvalue weighted by molar-refractivity contribution is 5.11. The van der Waals surface area contributed by atoms with Crippen LogP contribution >= 0.6 is 0 Å². The molecule has 0 spiro atoms. The number of fused-ring (bicyclic) bond motifs is 1. The first-order valence-corrected chi connectivity index (χ1v) is 3.69. The van der Waals surface area contributed by atoms with Crippen LogP contribution in [0.5, 0.6) is 0 Å². The Labute approximate surface area is 55.7 Å². The zero-order chi connectivity index (χ0) is 6.27. The minimum absolute atomic E-state index is 0.616. The lowest BCUT2D eigenvalue weighted by Gasteiger charge is -2.07. The fourth-order valence-electron chi connectivity index (χ4n) is 1.56. The lowest BCUT2D eigenvalue weighted by Crippen LogP contribution is -2.03. The molecule has 1 saturated carbocycles. The van der Waals surface area contributed by atoms with Crippen LogP contribution in [0.2, 0.25) is 0 Å². The van der Waals surface area contributed by atoms with Gasteiger partial charge in [-0.25, -0.2) is 0 Å². The van der Waals surface area contributed by atoms with E-state index in [0.717, 1.165) is 0 Å². The Balaban J connectivity index is 2.01. The Kier molecular flexibility index (Phi) is 1.12. The summed E-state index contributed by atoms with van der Waals surface area (Å²) >= 11 is 0. The first-order valence-electron chi connectivity index (χ1n) is 3.69. The Bertz CT molecular complexity index is 149. The fourth-order valence-corrected chi connectivity index (χ4v) is 1.56. The van der Waals surface area contributed by atoms with E-state index in [-0.39, 0.29) is 0 Å².